The summed E-state index contributed by atoms with van der Waals surface area (Å²) in [7, 11) is 1.70. The van der Waals surface area contributed by atoms with Crippen LogP contribution in [-0.2, 0) is 0 Å². The highest BCUT2D eigenvalue weighted by Crippen LogP contribution is 2.25. The van der Waals surface area contributed by atoms with Crippen molar-refractivity contribution in [2.75, 3.05) is 7.05 Å². The Hall–Kier alpha value is -2.46. The fourth-order valence-electron chi connectivity index (χ4n) is 2.26. The molecule has 0 radical (unpaired) electrons. The van der Waals surface area contributed by atoms with Crippen LogP contribution in [0.5, 0.6) is 5.75 Å². The van der Waals surface area contributed by atoms with E-state index in [1.54, 1.807) is 7.05 Å². The lowest BCUT2D eigenvalue weighted by Gasteiger charge is -2.16. The Morgan fingerprint density at radius 2 is 1.74 bits per heavy atom. The first-order chi connectivity index (χ1) is 11.1. The molecule has 3 aromatic rings. The second-order valence-electron chi connectivity index (χ2n) is 5.28. The molecular weight excluding hydrogens is 306 g/mol. The topological polar surface area (TPSA) is 29.5 Å². The van der Waals surface area contributed by atoms with E-state index in [9.17, 15) is 4.79 Å². The summed E-state index contributed by atoms with van der Waals surface area (Å²) in [5.74, 6) is 0.547. The molecule has 0 aliphatic carbocycles. The second kappa shape index (κ2) is 6.75. The van der Waals surface area contributed by atoms with Crippen molar-refractivity contribution in [2.24, 2.45) is 0 Å². The Balaban J connectivity index is 1.69. The molecule has 0 fully saturated rings. The Bertz CT molecular complexity index is 847. The molecule has 0 bridgehead atoms. The third-order valence-corrected chi connectivity index (χ3v) is 4.30. The van der Waals surface area contributed by atoms with Crippen LogP contribution >= 0.6 is 11.9 Å². The molecule has 0 aliphatic rings. The van der Waals surface area contributed by atoms with Crippen LogP contribution in [0.3, 0.4) is 0 Å². The zero-order valence-electron chi connectivity index (χ0n) is 13.0. The Morgan fingerprint density at radius 1 is 0.957 bits per heavy atom. The number of hydrogen-bond acceptors (Lipinski definition) is 3. The van der Waals surface area contributed by atoms with Crippen LogP contribution in [0.4, 0.5) is 4.79 Å². The molecule has 1 amide bonds. The van der Waals surface area contributed by atoms with Gasteiger partial charge in [-0.15, -0.1) is 0 Å². The monoisotopic (exact) mass is 323 g/mol. The molecule has 3 rings (SSSR count). The first-order valence-electron chi connectivity index (χ1n) is 7.31. The van der Waals surface area contributed by atoms with Gasteiger partial charge in [0.1, 0.15) is 5.75 Å². The maximum atomic E-state index is 12.2. The zero-order chi connectivity index (χ0) is 16.2. The maximum Gasteiger partial charge on any atom is 0.425 e. The number of nitrogens with zero attached hydrogens (tertiary/aromatic N) is 1. The average molecular weight is 323 g/mol. The highest BCUT2D eigenvalue weighted by Gasteiger charge is 2.13. The molecule has 23 heavy (non-hydrogen) atoms. The molecule has 0 aromatic heterocycles. The maximum absolute atomic E-state index is 12.2. The van der Waals surface area contributed by atoms with Crippen molar-refractivity contribution in [3.63, 3.8) is 0 Å². The molecule has 0 N–H and O–H groups in total. The van der Waals surface area contributed by atoms with Gasteiger partial charge in [-0.2, -0.15) is 0 Å². The normalized spacial score (nSPS) is 10.5. The average Bonchev–Trinajstić information content (AvgIpc) is 2.54. The molecular formula is C19H17NO2S. The van der Waals surface area contributed by atoms with Gasteiger partial charge in [0.2, 0.25) is 0 Å². The molecule has 0 saturated heterocycles. The lowest BCUT2D eigenvalue weighted by Crippen LogP contribution is -2.23. The van der Waals surface area contributed by atoms with E-state index in [0.717, 1.165) is 21.2 Å². The van der Waals surface area contributed by atoms with Gasteiger partial charge in [0, 0.05) is 11.9 Å². The highest BCUT2D eigenvalue weighted by molar-refractivity contribution is 7.97. The Morgan fingerprint density at radius 3 is 2.52 bits per heavy atom. The zero-order valence-corrected chi connectivity index (χ0v) is 13.8. The number of carbonyl (C=O) groups is 1. The quantitative estimate of drug-likeness (QED) is 0.614. The number of aryl methyl sites for hydroxylation is 1. The van der Waals surface area contributed by atoms with Crippen LogP contribution in [0.15, 0.2) is 71.6 Å². The van der Waals surface area contributed by atoms with E-state index in [1.807, 2.05) is 73.7 Å². The largest absolute Gasteiger partial charge is 0.425 e. The highest BCUT2D eigenvalue weighted by atomic mass is 32.2. The van der Waals surface area contributed by atoms with E-state index < -0.39 is 6.09 Å². The number of carbonyl (C=O) groups excluding carboxylic acids is 1. The van der Waals surface area contributed by atoms with Crippen molar-refractivity contribution in [1.82, 2.24) is 4.31 Å². The fraction of sp³-hybridized carbons (Fsp3) is 0.105. The third kappa shape index (κ3) is 3.85. The van der Waals surface area contributed by atoms with Gasteiger partial charge in [-0.25, -0.2) is 9.10 Å². The first kappa shape index (κ1) is 15.4. The molecule has 0 aliphatic heterocycles. The summed E-state index contributed by atoms with van der Waals surface area (Å²) in [6.45, 7) is 2.03. The first-order valence-corrected chi connectivity index (χ1v) is 8.08. The predicted octanol–water partition coefficient (Wildman–Crippen LogP) is 5.29. The van der Waals surface area contributed by atoms with Crippen LogP contribution < -0.4 is 4.74 Å². The molecule has 0 saturated carbocycles. The standard InChI is InChI=1S/C19H17NO2S/c1-14-6-5-9-18(12-14)23-20(2)19(21)22-17-11-10-15-7-3-4-8-16(15)13-17/h3-13H,1-2H3. The molecule has 0 unspecified atom stereocenters. The van der Waals surface area contributed by atoms with Crippen molar-refractivity contribution in [2.45, 2.75) is 11.8 Å². The van der Waals surface area contributed by atoms with Gasteiger partial charge in [-0.05, 0) is 59.5 Å². The molecule has 116 valence electrons. The number of ether oxygens (including phenoxy) is 1. The van der Waals surface area contributed by atoms with Gasteiger partial charge in [0.25, 0.3) is 0 Å². The summed E-state index contributed by atoms with van der Waals surface area (Å²) in [6, 6.07) is 21.6. The SMILES string of the molecule is Cc1cccc(SN(C)C(=O)Oc2ccc3ccccc3c2)c1. The molecule has 3 aromatic carbocycles. The molecule has 4 heteroatoms. The molecule has 0 atom stereocenters. The molecule has 3 nitrogen and oxygen atoms in total. The van der Waals surface area contributed by atoms with Crippen molar-refractivity contribution in [1.29, 1.82) is 0 Å². The number of fused-ring (bicyclic) bond motifs is 1. The van der Waals surface area contributed by atoms with Crippen LogP contribution in [0, 0.1) is 6.92 Å². The van der Waals surface area contributed by atoms with E-state index in [4.69, 9.17) is 4.74 Å². The Kier molecular flexibility index (Phi) is 4.53. The van der Waals surface area contributed by atoms with Crippen molar-refractivity contribution in [3.8, 4) is 5.75 Å². The van der Waals surface area contributed by atoms with E-state index in [1.165, 1.54) is 16.3 Å². The van der Waals surface area contributed by atoms with E-state index >= 15 is 0 Å². The fourth-order valence-corrected chi connectivity index (χ4v) is 3.07. The van der Waals surface area contributed by atoms with Gasteiger partial charge in [-0.1, -0.05) is 42.5 Å². The van der Waals surface area contributed by atoms with Crippen molar-refractivity contribution >= 4 is 28.8 Å². The predicted molar refractivity (Wildman–Crippen MR) is 94.8 cm³/mol. The molecule has 0 heterocycles. The minimum atomic E-state index is -0.396. The summed E-state index contributed by atoms with van der Waals surface area (Å²) in [4.78, 5) is 13.2. The minimum absolute atomic E-state index is 0.396. The lowest BCUT2D eigenvalue weighted by molar-refractivity contribution is 0.187. The van der Waals surface area contributed by atoms with Crippen LogP contribution in [0.2, 0.25) is 0 Å². The number of hydrogen-bond donors (Lipinski definition) is 0. The van der Waals surface area contributed by atoms with E-state index in [0.29, 0.717) is 5.75 Å². The minimum Gasteiger partial charge on any atom is -0.410 e. The summed E-state index contributed by atoms with van der Waals surface area (Å²) in [6.07, 6.45) is -0.396. The van der Waals surface area contributed by atoms with Gasteiger partial charge >= 0.3 is 6.09 Å². The summed E-state index contributed by atoms with van der Waals surface area (Å²) < 4.78 is 6.94. The van der Waals surface area contributed by atoms with Crippen LogP contribution in [-0.4, -0.2) is 17.4 Å². The smallest absolute Gasteiger partial charge is 0.410 e. The van der Waals surface area contributed by atoms with Gasteiger partial charge in [0.15, 0.2) is 0 Å². The lowest BCUT2D eigenvalue weighted by atomic mass is 10.1. The number of benzene rings is 3. The van der Waals surface area contributed by atoms with Crippen molar-refractivity contribution in [3.05, 3.63) is 72.3 Å². The van der Waals surface area contributed by atoms with Crippen LogP contribution in [0.1, 0.15) is 5.56 Å². The number of rotatable bonds is 3. The van der Waals surface area contributed by atoms with Crippen LogP contribution in [0.25, 0.3) is 10.8 Å². The van der Waals surface area contributed by atoms with Gasteiger partial charge in [-0.3, -0.25) is 0 Å². The Labute approximate surface area is 140 Å². The summed E-state index contributed by atoms with van der Waals surface area (Å²) in [5, 5.41) is 2.17. The molecule has 0 spiro atoms. The van der Waals surface area contributed by atoms with E-state index in [-0.39, 0.29) is 0 Å². The van der Waals surface area contributed by atoms with Crippen molar-refractivity contribution < 1.29 is 9.53 Å². The summed E-state index contributed by atoms with van der Waals surface area (Å²) >= 11 is 1.35. The second-order valence-corrected chi connectivity index (χ2v) is 6.48. The number of amides is 1. The van der Waals surface area contributed by atoms with E-state index in [2.05, 4.69) is 0 Å². The van der Waals surface area contributed by atoms with Gasteiger partial charge < -0.3 is 4.74 Å². The van der Waals surface area contributed by atoms with Gasteiger partial charge in [0.05, 0.1) is 0 Å². The third-order valence-electron chi connectivity index (χ3n) is 3.42. The summed E-state index contributed by atoms with van der Waals surface area (Å²) in [5.41, 5.74) is 1.16.